The SMILES string of the molecule is Cc1nn(C)c(C)c1CC(=O)N(C)Cc1ccc(N(C)C)cc1. The van der Waals surface area contributed by atoms with Gasteiger partial charge in [-0.2, -0.15) is 5.10 Å². The Hall–Kier alpha value is -2.30. The molecule has 0 saturated heterocycles. The number of amides is 1. The Labute approximate surface area is 138 Å². The van der Waals surface area contributed by atoms with Crippen molar-refractivity contribution in [3.63, 3.8) is 0 Å². The van der Waals surface area contributed by atoms with Crippen molar-refractivity contribution in [3.8, 4) is 0 Å². The van der Waals surface area contributed by atoms with Crippen LogP contribution in [-0.2, 0) is 24.8 Å². The predicted molar refractivity (Wildman–Crippen MR) is 93.6 cm³/mol. The maximum Gasteiger partial charge on any atom is 0.227 e. The van der Waals surface area contributed by atoms with Gasteiger partial charge >= 0.3 is 0 Å². The van der Waals surface area contributed by atoms with E-state index in [0.717, 1.165) is 28.2 Å². The molecule has 0 atom stereocenters. The smallest absolute Gasteiger partial charge is 0.227 e. The molecule has 0 radical (unpaired) electrons. The normalized spacial score (nSPS) is 10.7. The number of hydrogen-bond acceptors (Lipinski definition) is 3. The van der Waals surface area contributed by atoms with E-state index in [2.05, 4.69) is 34.3 Å². The molecule has 2 rings (SSSR count). The fourth-order valence-electron chi connectivity index (χ4n) is 2.62. The molecular formula is C18H26N4O. The number of carbonyl (C=O) groups is 1. The second-order valence-electron chi connectivity index (χ2n) is 6.26. The van der Waals surface area contributed by atoms with Gasteiger partial charge in [0.1, 0.15) is 0 Å². The van der Waals surface area contributed by atoms with Gasteiger partial charge in [-0.1, -0.05) is 12.1 Å². The van der Waals surface area contributed by atoms with E-state index >= 15 is 0 Å². The van der Waals surface area contributed by atoms with Crippen LogP contribution in [0.4, 0.5) is 5.69 Å². The summed E-state index contributed by atoms with van der Waals surface area (Å²) in [5, 5.41) is 4.37. The summed E-state index contributed by atoms with van der Waals surface area (Å²) in [5.41, 5.74) is 5.31. The third-order valence-electron chi connectivity index (χ3n) is 4.29. The van der Waals surface area contributed by atoms with E-state index in [1.54, 1.807) is 4.90 Å². The first-order valence-electron chi connectivity index (χ1n) is 7.79. The molecule has 0 spiro atoms. The minimum absolute atomic E-state index is 0.112. The van der Waals surface area contributed by atoms with E-state index in [4.69, 9.17) is 0 Å². The number of carbonyl (C=O) groups excluding carboxylic acids is 1. The van der Waals surface area contributed by atoms with Crippen LogP contribution in [0.2, 0.25) is 0 Å². The summed E-state index contributed by atoms with van der Waals surface area (Å²) >= 11 is 0. The van der Waals surface area contributed by atoms with Crippen molar-refractivity contribution >= 4 is 11.6 Å². The highest BCUT2D eigenvalue weighted by atomic mass is 16.2. The minimum Gasteiger partial charge on any atom is -0.378 e. The van der Waals surface area contributed by atoms with E-state index in [1.807, 2.05) is 46.7 Å². The van der Waals surface area contributed by atoms with Crippen molar-refractivity contribution < 1.29 is 4.79 Å². The Balaban J connectivity index is 2.02. The van der Waals surface area contributed by atoms with Gasteiger partial charge in [0.05, 0.1) is 12.1 Å². The van der Waals surface area contributed by atoms with Gasteiger partial charge in [0.25, 0.3) is 0 Å². The third kappa shape index (κ3) is 3.92. The highest BCUT2D eigenvalue weighted by molar-refractivity contribution is 5.79. The van der Waals surface area contributed by atoms with Gasteiger partial charge in [-0.05, 0) is 31.5 Å². The second-order valence-corrected chi connectivity index (χ2v) is 6.26. The van der Waals surface area contributed by atoms with Crippen LogP contribution in [0.1, 0.15) is 22.5 Å². The summed E-state index contributed by atoms with van der Waals surface area (Å²) in [5.74, 6) is 0.112. The molecule has 5 heteroatoms. The van der Waals surface area contributed by atoms with Gasteiger partial charge in [0.15, 0.2) is 0 Å². The van der Waals surface area contributed by atoms with Crippen molar-refractivity contribution in [1.29, 1.82) is 0 Å². The molecule has 0 unspecified atom stereocenters. The average Bonchev–Trinajstić information content (AvgIpc) is 2.74. The van der Waals surface area contributed by atoms with Gasteiger partial charge in [0, 0.05) is 51.7 Å². The van der Waals surface area contributed by atoms with Gasteiger partial charge in [-0.25, -0.2) is 0 Å². The average molecular weight is 314 g/mol. The lowest BCUT2D eigenvalue weighted by Crippen LogP contribution is -2.28. The summed E-state index contributed by atoms with van der Waals surface area (Å²) in [6.07, 6.45) is 0.401. The molecule has 2 aromatic rings. The predicted octanol–water partition coefficient (Wildman–Crippen LogP) is 2.30. The maximum absolute atomic E-state index is 12.5. The lowest BCUT2D eigenvalue weighted by Gasteiger charge is -2.18. The standard InChI is InChI=1S/C18H26N4O/c1-13-17(14(2)22(6)19-13)11-18(23)21(5)12-15-7-9-16(10-8-15)20(3)4/h7-10H,11-12H2,1-6H3. The summed E-state index contributed by atoms with van der Waals surface area (Å²) in [4.78, 5) is 16.3. The van der Waals surface area contributed by atoms with Crippen LogP contribution in [-0.4, -0.2) is 41.7 Å². The first kappa shape index (κ1) is 17.1. The van der Waals surface area contributed by atoms with Gasteiger partial charge in [0.2, 0.25) is 5.91 Å². The number of aromatic nitrogens is 2. The Morgan fingerprint density at radius 1 is 1.13 bits per heavy atom. The van der Waals surface area contributed by atoms with E-state index < -0.39 is 0 Å². The third-order valence-corrected chi connectivity index (χ3v) is 4.29. The molecule has 1 aromatic carbocycles. The zero-order chi connectivity index (χ0) is 17.1. The highest BCUT2D eigenvalue weighted by Gasteiger charge is 2.16. The largest absolute Gasteiger partial charge is 0.378 e. The summed E-state index contributed by atoms with van der Waals surface area (Å²) in [6, 6.07) is 8.28. The Morgan fingerprint density at radius 2 is 1.74 bits per heavy atom. The molecule has 1 amide bonds. The molecule has 0 fully saturated rings. The molecule has 124 valence electrons. The van der Waals surface area contributed by atoms with E-state index in [1.165, 1.54) is 0 Å². The summed E-state index contributed by atoms with van der Waals surface area (Å²) < 4.78 is 1.83. The number of rotatable bonds is 5. The second kappa shape index (κ2) is 6.86. The number of benzene rings is 1. The molecule has 23 heavy (non-hydrogen) atoms. The van der Waals surface area contributed by atoms with Crippen LogP contribution in [0.25, 0.3) is 0 Å². The zero-order valence-electron chi connectivity index (χ0n) is 14.9. The lowest BCUT2D eigenvalue weighted by atomic mass is 10.1. The van der Waals surface area contributed by atoms with Crippen molar-refractivity contribution in [2.24, 2.45) is 7.05 Å². The van der Waals surface area contributed by atoms with Gasteiger partial charge in [-0.15, -0.1) is 0 Å². The summed E-state index contributed by atoms with van der Waals surface area (Å²) in [6.45, 7) is 4.57. The monoisotopic (exact) mass is 314 g/mol. The fraction of sp³-hybridized carbons (Fsp3) is 0.444. The first-order chi connectivity index (χ1) is 10.8. The van der Waals surface area contributed by atoms with Crippen molar-refractivity contribution in [2.45, 2.75) is 26.8 Å². The maximum atomic E-state index is 12.5. The Bertz CT molecular complexity index is 686. The molecule has 5 nitrogen and oxygen atoms in total. The van der Waals surface area contributed by atoms with Gasteiger partial charge in [-0.3, -0.25) is 9.48 Å². The quantitative estimate of drug-likeness (QED) is 0.850. The van der Waals surface area contributed by atoms with Crippen LogP contribution in [0.5, 0.6) is 0 Å². The number of nitrogens with zero attached hydrogens (tertiary/aromatic N) is 4. The Kier molecular flexibility index (Phi) is 5.08. The molecule has 0 aliphatic rings. The first-order valence-corrected chi connectivity index (χ1v) is 7.79. The van der Waals surface area contributed by atoms with Crippen LogP contribution < -0.4 is 4.90 Å². The fourth-order valence-corrected chi connectivity index (χ4v) is 2.62. The molecule has 0 saturated carbocycles. The molecule has 1 aromatic heterocycles. The highest BCUT2D eigenvalue weighted by Crippen LogP contribution is 2.16. The van der Waals surface area contributed by atoms with Crippen molar-refractivity contribution in [2.75, 3.05) is 26.0 Å². The van der Waals surface area contributed by atoms with Crippen LogP contribution in [0, 0.1) is 13.8 Å². The van der Waals surface area contributed by atoms with Crippen LogP contribution >= 0.6 is 0 Å². The molecule has 0 N–H and O–H groups in total. The van der Waals surface area contributed by atoms with E-state index in [9.17, 15) is 4.79 Å². The lowest BCUT2D eigenvalue weighted by molar-refractivity contribution is -0.129. The van der Waals surface area contributed by atoms with E-state index in [0.29, 0.717) is 13.0 Å². The number of hydrogen-bond donors (Lipinski definition) is 0. The molecule has 1 heterocycles. The van der Waals surface area contributed by atoms with Gasteiger partial charge < -0.3 is 9.80 Å². The topological polar surface area (TPSA) is 41.4 Å². The number of anilines is 1. The Morgan fingerprint density at radius 3 is 2.22 bits per heavy atom. The zero-order valence-corrected chi connectivity index (χ0v) is 14.9. The number of aryl methyl sites for hydroxylation is 2. The van der Waals surface area contributed by atoms with E-state index in [-0.39, 0.29) is 5.91 Å². The molecule has 0 bridgehead atoms. The summed E-state index contributed by atoms with van der Waals surface area (Å²) in [7, 11) is 7.79. The van der Waals surface area contributed by atoms with Crippen molar-refractivity contribution in [1.82, 2.24) is 14.7 Å². The van der Waals surface area contributed by atoms with Crippen LogP contribution in [0.15, 0.2) is 24.3 Å². The molecule has 0 aliphatic heterocycles. The molecule has 0 aliphatic carbocycles. The number of likely N-dealkylation sites (N-methyl/N-ethyl adjacent to an activating group) is 1. The van der Waals surface area contributed by atoms with Crippen molar-refractivity contribution in [3.05, 3.63) is 46.8 Å². The minimum atomic E-state index is 0.112. The van der Waals surface area contributed by atoms with Crippen LogP contribution in [0.3, 0.4) is 0 Å². The molecular weight excluding hydrogens is 288 g/mol.